The first-order valence-corrected chi connectivity index (χ1v) is 9.23. The predicted octanol–water partition coefficient (Wildman–Crippen LogP) is 3.89. The Morgan fingerprint density at radius 2 is 1.71 bits per heavy atom. The van der Waals surface area contributed by atoms with Gasteiger partial charge in [0.15, 0.2) is 11.5 Å². The molecule has 6 heteroatoms. The first-order valence-electron chi connectivity index (χ1n) is 9.23. The molecule has 1 aliphatic rings. The number of nitrogens with zero attached hydrogens (tertiary/aromatic N) is 1. The molecule has 0 radical (unpaired) electrons. The third kappa shape index (κ3) is 3.81. The molecule has 1 aliphatic heterocycles. The summed E-state index contributed by atoms with van der Waals surface area (Å²) < 4.78 is 10.5. The van der Waals surface area contributed by atoms with Crippen LogP contribution in [-0.4, -0.2) is 32.6 Å². The zero-order chi connectivity index (χ0) is 20.5. The monoisotopic (exact) mass is 382 g/mol. The van der Waals surface area contributed by atoms with E-state index < -0.39 is 5.41 Å². The lowest BCUT2D eigenvalue weighted by molar-refractivity contribution is -0.125. The number of benzene rings is 2. The van der Waals surface area contributed by atoms with Crippen LogP contribution in [0.25, 0.3) is 0 Å². The van der Waals surface area contributed by atoms with Gasteiger partial charge in [-0.15, -0.1) is 0 Å². The smallest absolute Gasteiger partial charge is 0.255 e. The van der Waals surface area contributed by atoms with Crippen molar-refractivity contribution in [3.8, 4) is 11.5 Å². The Bertz CT molecular complexity index is 915. The Balaban J connectivity index is 1.78. The number of anilines is 2. The number of methoxy groups -OCH3 is 2. The summed E-state index contributed by atoms with van der Waals surface area (Å²) >= 11 is 0. The van der Waals surface area contributed by atoms with Gasteiger partial charge in [0, 0.05) is 28.9 Å². The van der Waals surface area contributed by atoms with Crippen LogP contribution in [0, 0.1) is 5.41 Å². The summed E-state index contributed by atoms with van der Waals surface area (Å²) in [6.45, 7) is 6.43. The molecule has 0 aliphatic carbocycles. The van der Waals surface area contributed by atoms with E-state index in [2.05, 4.69) is 5.32 Å². The maximum atomic E-state index is 12.6. The van der Waals surface area contributed by atoms with E-state index in [0.29, 0.717) is 29.3 Å². The molecule has 0 spiro atoms. The maximum Gasteiger partial charge on any atom is 0.255 e. The summed E-state index contributed by atoms with van der Waals surface area (Å²) in [7, 11) is 3.08. The van der Waals surface area contributed by atoms with Gasteiger partial charge >= 0.3 is 0 Å². The second-order valence-electron chi connectivity index (χ2n) is 7.82. The molecule has 0 fully saturated rings. The molecule has 3 rings (SSSR count). The summed E-state index contributed by atoms with van der Waals surface area (Å²) in [5.41, 5.74) is 2.72. The molecular weight excluding hydrogens is 356 g/mol. The lowest BCUT2D eigenvalue weighted by Crippen LogP contribution is -2.38. The minimum absolute atomic E-state index is 0.105. The molecule has 1 N–H and O–H groups in total. The highest BCUT2D eigenvalue weighted by atomic mass is 16.5. The molecule has 6 nitrogen and oxygen atoms in total. The van der Waals surface area contributed by atoms with Crippen LogP contribution in [-0.2, 0) is 11.2 Å². The highest BCUT2D eigenvalue weighted by Gasteiger charge is 2.32. The van der Waals surface area contributed by atoms with Gasteiger partial charge in [0.05, 0.1) is 14.2 Å². The molecule has 0 unspecified atom stereocenters. The van der Waals surface area contributed by atoms with E-state index in [1.165, 1.54) is 7.11 Å². The number of rotatable bonds is 4. The lowest BCUT2D eigenvalue weighted by atomic mass is 9.94. The van der Waals surface area contributed by atoms with Crippen LogP contribution < -0.4 is 19.7 Å². The minimum atomic E-state index is -0.429. The molecule has 2 aromatic rings. The number of fused-ring (bicyclic) bond motifs is 1. The number of ether oxygens (including phenoxy) is 2. The van der Waals surface area contributed by atoms with Crippen molar-refractivity contribution in [3.63, 3.8) is 0 Å². The van der Waals surface area contributed by atoms with Gasteiger partial charge in [0.1, 0.15) is 0 Å². The summed E-state index contributed by atoms with van der Waals surface area (Å²) in [5, 5.41) is 2.91. The van der Waals surface area contributed by atoms with Gasteiger partial charge in [-0.1, -0.05) is 20.8 Å². The van der Waals surface area contributed by atoms with Crippen LogP contribution >= 0.6 is 0 Å². The van der Waals surface area contributed by atoms with Crippen LogP contribution in [0.15, 0.2) is 36.4 Å². The molecule has 0 saturated carbocycles. The predicted molar refractivity (Wildman–Crippen MR) is 109 cm³/mol. The average molecular weight is 382 g/mol. The van der Waals surface area contributed by atoms with Crippen LogP contribution in [0.1, 0.15) is 36.7 Å². The molecule has 0 bridgehead atoms. The average Bonchev–Trinajstić information content (AvgIpc) is 3.08. The number of amides is 2. The number of carbonyl (C=O) groups excluding carboxylic acids is 2. The van der Waals surface area contributed by atoms with Crippen LogP contribution in [0.5, 0.6) is 11.5 Å². The largest absolute Gasteiger partial charge is 0.493 e. The topological polar surface area (TPSA) is 67.9 Å². The standard InChI is InChI=1S/C22H26N2O4/c1-22(2,3)21(26)24-11-10-14-12-16(7-8-17(14)24)23-20(25)15-6-9-18(27-4)19(13-15)28-5/h6-9,12-13H,10-11H2,1-5H3,(H,23,25). The van der Waals surface area contributed by atoms with E-state index in [-0.39, 0.29) is 11.8 Å². The molecule has 28 heavy (non-hydrogen) atoms. The summed E-state index contributed by atoms with van der Waals surface area (Å²) in [4.78, 5) is 27.1. The fourth-order valence-electron chi connectivity index (χ4n) is 3.28. The third-order valence-corrected chi connectivity index (χ3v) is 4.77. The second-order valence-corrected chi connectivity index (χ2v) is 7.82. The first kappa shape index (κ1) is 19.7. The van der Waals surface area contributed by atoms with Gasteiger partial charge in [-0.3, -0.25) is 9.59 Å². The molecule has 2 amide bonds. The number of carbonyl (C=O) groups is 2. The van der Waals surface area contributed by atoms with Crippen molar-refractivity contribution in [3.05, 3.63) is 47.5 Å². The molecular formula is C22H26N2O4. The van der Waals surface area contributed by atoms with E-state index in [1.807, 2.05) is 43.9 Å². The van der Waals surface area contributed by atoms with Gasteiger partial charge < -0.3 is 19.7 Å². The Hall–Kier alpha value is -3.02. The number of hydrogen-bond donors (Lipinski definition) is 1. The van der Waals surface area contributed by atoms with Crippen LogP contribution in [0.4, 0.5) is 11.4 Å². The summed E-state index contributed by atoms with van der Waals surface area (Å²) in [6, 6.07) is 10.7. The highest BCUT2D eigenvalue weighted by molar-refractivity contribution is 6.05. The van der Waals surface area contributed by atoms with E-state index >= 15 is 0 Å². The van der Waals surface area contributed by atoms with Crippen molar-refractivity contribution in [1.29, 1.82) is 0 Å². The maximum absolute atomic E-state index is 12.6. The summed E-state index contributed by atoms with van der Waals surface area (Å²) in [6.07, 6.45) is 0.775. The van der Waals surface area contributed by atoms with E-state index in [1.54, 1.807) is 25.3 Å². The quantitative estimate of drug-likeness (QED) is 0.871. The Morgan fingerprint density at radius 1 is 1.00 bits per heavy atom. The zero-order valence-electron chi connectivity index (χ0n) is 17.0. The van der Waals surface area contributed by atoms with Gasteiger partial charge in [-0.05, 0) is 48.4 Å². The molecule has 0 saturated heterocycles. The van der Waals surface area contributed by atoms with Gasteiger partial charge in [-0.25, -0.2) is 0 Å². The van der Waals surface area contributed by atoms with E-state index in [4.69, 9.17) is 9.47 Å². The van der Waals surface area contributed by atoms with Gasteiger partial charge in [-0.2, -0.15) is 0 Å². The lowest BCUT2D eigenvalue weighted by Gasteiger charge is -2.26. The van der Waals surface area contributed by atoms with Crippen LogP contribution in [0.3, 0.4) is 0 Å². The van der Waals surface area contributed by atoms with Crippen molar-refractivity contribution < 1.29 is 19.1 Å². The SMILES string of the molecule is COc1ccc(C(=O)Nc2ccc3c(c2)CCN3C(=O)C(C)(C)C)cc1OC. The molecule has 148 valence electrons. The minimum Gasteiger partial charge on any atom is -0.493 e. The Labute approximate surface area is 165 Å². The molecule has 2 aromatic carbocycles. The normalized spacial score (nSPS) is 13.1. The van der Waals surface area contributed by atoms with Crippen molar-refractivity contribution in [2.24, 2.45) is 5.41 Å². The molecule has 0 aromatic heterocycles. The third-order valence-electron chi connectivity index (χ3n) is 4.77. The van der Waals surface area contributed by atoms with Gasteiger partial charge in [0.2, 0.25) is 5.91 Å². The zero-order valence-corrected chi connectivity index (χ0v) is 17.0. The van der Waals surface area contributed by atoms with Crippen LogP contribution in [0.2, 0.25) is 0 Å². The van der Waals surface area contributed by atoms with E-state index in [9.17, 15) is 9.59 Å². The Morgan fingerprint density at radius 3 is 2.36 bits per heavy atom. The fraction of sp³-hybridized carbons (Fsp3) is 0.364. The van der Waals surface area contributed by atoms with Crippen molar-refractivity contribution >= 4 is 23.2 Å². The number of nitrogens with one attached hydrogen (secondary N) is 1. The van der Waals surface area contributed by atoms with Crippen molar-refractivity contribution in [2.75, 3.05) is 31.0 Å². The second kappa shape index (κ2) is 7.54. The highest BCUT2D eigenvalue weighted by Crippen LogP contribution is 2.34. The summed E-state index contributed by atoms with van der Waals surface area (Å²) in [5.74, 6) is 0.940. The van der Waals surface area contributed by atoms with Crippen molar-refractivity contribution in [2.45, 2.75) is 27.2 Å². The first-order chi connectivity index (χ1) is 13.2. The number of hydrogen-bond acceptors (Lipinski definition) is 4. The van der Waals surface area contributed by atoms with E-state index in [0.717, 1.165) is 17.7 Å². The fourth-order valence-corrected chi connectivity index (χ4v) is 3.28. The van der Waals surface area contributed by atoms with Gasteiger partial charge in [0.25, 0.3) is 5.91 Å². The molecule has 0 atom stereocenters. The molecule has 1 heterocycles. The Kier molecular flexibility index (Phi) is 5.31. The van der Waals surface area contributed by atoms with Crippen molar-refractivity contribution in [1.82, 2.24) is 0 Å².